The summed E-state index contributed by atoms with van der Waals surface area (Å²) in [6.45, 7) is 0. The maximum Gasteiger partial charge on any atom is 0.259 e. The predicted molar refractivity (Wildman–Crippen MR) is 63.2 cm³/mol. The molecule has 0 amide bonds. The number of aromatic hydroxyl groups is 1. The van der Waals surface area contributed by atoms with Crippen molar-refractivity contribution < 1.29 is 5.11 Å². The Hall–Kier alpha value is -1.88. The summed E-state index contributed by atoms with van der Waals surface area (Å²) in [6.07, 6.45) is 0.369. The van der Waals surface area contributed by atoms with Gasteiger partial charge in [0.2, 0.25) is 0 Å². The van der Waals surface area contributed by atoms with E-state index in [1.54, 1.807) is 0 Å². The SMILES string of the molecule is O=c1[nH]c(=S)[nH]c(O)c1Cc1ccccc1. The van der Waals surface area contributed by atoms with Crippen molar-refractivity contribution >= 4 is 12.2 Å². The molecule has 4 nitrogen and oxygen atoms in total. The van der Waals surface area contributed by atoms with Crippen LogP contribution in [0.5, 0.6) is 5.88 Å². The van der Waals surface area contributed by atoms with Gasteiger partial charge in [-0.15, -0.1) is 0 Å². The fraction of sp³-hybridized carbons (Fsp3) is 0.0909. The fourth-order valence-corrected chi connectivity index (χ4v) is 1.65. The average Bonchev–Trinajstić information content (AvgIpc) is 2.25. The van der Waals surface area contributed by atoms with Gasteiger partial charge in [0.1, 0.15) is 0 Å². The number of H-pyrrole nitrogens is 2. The van der Waals surface area contributed by atoms with Crippen LogP contribution in [0.25, 0.3) is 0 Å². The van der Waals surface area contributed by atoms with Gasteiger partial charge in [0.15, 0.2) is 10.7 Å². The summed E-state index contributed by atoms with van der Waals surface area (Å²) in [5.41, 5.74) is 0.888. The van der Waals surface area contributed by atoms with E-state index in [0.717, 1.165) is 5.56 Å². The molecule has 0 radical (unpaired) electrons. The molecule has 16 heavy (non-hydrogen) atoms. The summed E-state index contributed by atoms with van der Waals surface area (Å²) in [5.74, 6) is -0.169. The molecule has 0 aliphatic heterocycles. The van der Waals surface area contributed by atoms with E-state index >= 15 is 0 Å². The zero-order valence-corrected chi connectivity index (χ0v) is 9.17. The Kier molecular flexibility index (Phi) is 2.87. The second-order valence-corrected chi connectivity index (χ2v) is 3.81. The van der Waals surface area contributed by atoms with Crippen molar-refractivity contribution in [2.75, 3.05) is 0 Å². The summed E-state index contributed by atoms with van der Waals surface area (Å²) in [6, 6.07) is 9.44. The lowest BCUT2D eigenvalue weighted by Gasteiger charge is -2.03. The summed E-state index contributed by atoms with van der Waals surface area (Å²) in [5, 5.41) is 9.59. The van der Waals surface area contributed by atoms with Gasteiger partial charge in [-0.25, -0.2) is 0 Å². The standard InChI is InChI=1S/C11H10N2O2S/c14-9-8(10(15)13-11(16)12-9)6-7-4-2-1-3-5-7/h1-5H,6H2,(H3,12,13,14,15,16). The van der Waals surface area contributed by atoms with Crippen molar-refractivity contribution in [3.05, 3.63) is 56.6 Å². The lowest BCUT2D eigenvalue weighted by molar-refractivity contribution is 0.443. The maximum atomic E-state index is 11.6. The minimum atomic E-state index is -0.356. The highest BCUT2D eigenvalue weighted by atomic mass is 32.1. The Bertz CT molecular complexity index is 601. The van der Waals surface area contributed by atoms with Gasteiger partial charge in [0, 0.05) is 6.42 Å². The molecule has 1 aromatic carbocycles. The number of benzene rings is 1. The summed E-state index contributed by atoms with van der Waals surface area (Å²) in [4.78, 5) is 16.5. The van der Waals surface area contributed by atoms with E-state index < -0.39 is 0 Å². The molecule has 1 heterocycles. The molecule has 82 valence electrons. The zero-order valence-electron chi connectivity index (χ0n) is 8.36. The first-order chi connectivity index (χ1) is 7.66. The molecular formula is C11H10N2O2S. The van der Waals surface area contributed by atoms with E-state index in [4.69, 9.17) is 12.2 Å². The van der Waals surface area contributed by atoms with Gasteiger partial charge in [-0.05, 0) is 17.8 Å². The predicted octanol–water partition coefficient (Wildman–Crippen LogP) is 1.73. The van der Waals surface area contributed by atoms with Crippen LogP contribution in [0.15, 0.2) is 35.1 Å². The van der Waals surface area contributed by atoms with Crippen LogP contribution in [0.4, 0.5) is 0 Å². The molecule has 0 saturated heterocycles. The summed E-state index contributed by atoms with van der Waals surface area (Å²) >= 11 is 4.74. The normalized spacial score (nSPS) is 10.2. The van der Waals surface area contributed by atoms with Crippen LogP contribution in [0, 0.1) is 4.77 Å². The van der Waals surface area contributed by atoms with E-state index in [1.165, 1.54) is 0 Å². The highest BCUT2D eigenvalue weighted by molar-refractivity contribution is 7.71. The van der Waals surface area contributed by atoms with Gasteiger partial charge < -0.3 is 10.1 Å². The minimum Gasteiger partial charge on any atom is -0.494 e. The molecule has 0 bridgehead atoms. The van der Waals surface area contributed by atoms with Crippen LogP contribution in [0.3, 0.4) is 0 Å². The van der Waals surface area contributed by atoms with Gasteiger partial charge in [-0.2, -0.15) is 0 Å². The number of hydrogen-bond acceptors (Lipinski definition) is 3. The van der Waals surface area contributed by atoms with Crippen LogP contribution in [-0.2, 0) is 6.42 Å². The largest absolute Gasteiger partial charge is 0.494 e. The van der Waals surface area contributed by atoms with Crippen LogP contribution < -0.4 is 5.56 Å². The zero-order chi connectivity index (χ0) is 11.5. The Morgan fingerprint density at radius 3 is 2.50 bits per heavy atom. The maximum absolute atomic E-state index is 11.6. The topological polar surface area (TPSA) is 68.9 Å². The van der Waals surface area contributed by atoms with Crippen LogP contribution in [0.2, 0.25) is 0 Å². The minimum absolute atomic E-state index is 0.124. The Balaban J connectivity index is 2.43. The number of rotatable bonds is 2. The van der Waals surface area contributed by atoms with E-state index in [2.05, 4.69) is 9.97 Å². The Morgan fingerprint density at radius 1 is 1.19 bits per heavy atom. The number of hydrogen-bond donors (Lipinski definition) is 3. The smallest absolute Gasteiger partial charge is 0.259 e. The van der Waals surface area contributed by atoms with Crippen molar-refractivity contribution in [3.8, 4) is 5.88 Å². The van der Waals surface area contributed by atoms with Crippen molar-refractivity contribution in [1.82, 2.24) is 9.97 Å². The molecule has 0 unspecified atom stereocenters. The van der Waals surface area contributed by atoms with Gasteiger partial charge in [0.05, 0.1) is 5.56 Å². The van der Waals surface area contributed by atoms with Crippen LogP contribution in [-0.4, -0.2) is 15.1 Å². The van der Waals surface area contributed by atoms with Gasteiger partial charge >= 0.3 is 0 Å². The molecule has 2 aromatic rings. The quantitative estimate of drug-likeness (QED) is 0.693. The molecule has 2 rings (SSSR count). The van der Waals surface area contributed by atoms with Gasteiger partial charge in [-0.3, -0.25) is 9.78 Å². The lowest BCUT2D eigenvalue weighted by Crippen LogP contribution is -2.14. The molecule has 1 aromatic heterocycles. The summed E-state index contributed by atoms with van der Waals surface area (Å²) in [7, 11) is 0. The third-order valence-corrected chi connectivity index (χ3v) is 2.45. The van der Waals surface area contributed by atoms with Crippen molar-refractivity contribution in [3.63, 3.8) is 0 Å². The molecule has 0 aliphatic rings. The van der Waals surface area contributed by atoms with Crippen molar-refractivity contribution in [2.24, 2.45) is 0 Å². The first-order valence-electron chi connectivity index (χ1n) is 4.75. The lowest BCUT2D eigenvalue weighted by atomic mass is 10.1. The van der Waals surface area contributed by atoms with E-state index in [9.17, 15) is 9.90 Å². The molecule has 0 atom stereocenters. The fourth-order valence-electron chi connectivity index (χ4n) is 1.46. The Labute approximate surface area is 96.6 Å². The molecule has 0 spiro atoms. The number of aromatic amines is 2. The highest BCUT2D eigenvalue weighted by Crippen LogP contribution is 2.12. The summed E-state index contributed by atoms with van der Waals surface area (Å²) < 4.78 is 0.124. The monoisotopic (exact) mass is 234 g/mol. The molecule has 0 aliphatic carbocycles. The third-order valence-electron chi connectivity index (χ3n) is 2.24. The average molecular weight is 234 g/mol. The Morgan fingerprint density at radius 2 is 1.88 bits per heavy atom. The van der Waals surface area contributed by atoms with E-state index in [1.807, 2.05) is 30.3 Å². The second-order valence-electron chi connectivity index (χ2n) is 3.40. The third kappa shape index (κ3) is 2.20. The molecule has 0 fully saturated rings. The van der Waals surface area contributed by atoms with Gasteiger partial charge in [-0.1, -0.05) is 30.3 Å². The number of aromatic nitrogens is 2. The van der Waals surface area contributed by atoms with Gasteiger partial charge in [0.25, 0.3) is 5.56 Å². The molecule has 5 heteroatoms. The molecular weight excluding hydrogens is 224 g/mol. The van der Waals surface area contributed by atoms with Crippen molar-refractivity contribution in [2.45, 2.75) is 6.42 Å². The van der Waals surface area contributed by atoms with Crippen molar-refractivity contribution in [1.29, 1.82) is 0 Å². The first-order valence-corrected chi connectivity index (χ1v) is 5.16. The highest BCUT2D eigenvalue weighted by Gasteiger charge is 2.07. The molecule has 3 N–H and O–H groups in total. The van der Waals surface area contributed by atoms with Crippen LogP contribution in [0.1, 0.15) is 11.1 Å². The molecule has 0 saturated carbocycles. The van der Waals surface area contributed by atoms with E-state index in [0.29, 0.717) is 12.0 Å². The van der Waals surface area contributed by atoms with E-state index in [-0.39, 0.29) is 16.2 Å². The first kappa shape index (κ1) is 10.6. The second kappa shape index (κ2) is 4.32. The van der Waals surface area contributed by atoms with Crippen LogP contribution >= 0.6 is 12.2 Å². The number of nitrogens with one attached hydrogen (secondary N) is 2.